The number of nitrogens with one attached hydrogen (secondary N) is 1. The second-order valence-corrected chi connectivity index (χ2v) is 5.82. The zero-order valence-electron chi connectivity index (χ0n) is 11.0. The fourth-order valence-electron chi connectivity index (χ4n) is 1.87. The van der Waals surface area contributed by atoms with Crippen molar-refractivity contribution in [1.82, 2.24) is 0 Å². The van der Waals surface area contributed by atoms with Crippen LogP contribution < -0.4 is 5.32 Å². The predicted molar refractivity (Wildman–Crippen MR) is 85.2 cm³/mol. The van der Waals surface area contributed by atoms with Crippen LogP contribution in [0.15, 0.2) is 40.9 Å². The quantitative estimate of drug-likeness (QED) is 0.846. The lowest BCUT2D eigenvalue weighted by Crippen LogP contribution is -2.15. The summed E-state index contributed by atoms with van der Waals surface area (Å²) in [5.41, 5.74) is 1.46. The Hall–Kier alpha value is -1.85. The topological polar surface area (TPSA) is 66.4 Å². The molecule has 0 saturated carbocycles. The Morgan fingerprint density at radius 1 is 1.19 bits per heavy atom. The lowest BCUT2D eigenvalue weighted by atomic mass is 10.1. The molecule has 2 aromatic carbocycles. The summed E-state index contributed by atoms with van der Waals surface area (Å²) in [6, 6.07) is 9.51. The van der Waals surface area contributed by atoms with Gasteiger partial charge in [0, 0.05) is 15.1 Å². The van der Waals surface area contributed by atoms with Crippen LogP contribution in [-0.4, -0.2) is 17.0 Å². The molecular formula is C15H11BrClNO3. The summed E-state index contributed by atoms with van der Waals surface area (Å²) in [5, 5.41) is 12.2. The molecule has 0 atom stereocenters. The third-order valence-corrected chi connectivity index (χ3v) is 3.48. The zero-order valence-corrected chi connectivity index (χ0v) is 13.3. The predicted octanol–water partition coefficient (Wildman–Crippen LogP) is 4.36. The molecule has 0 heterocycles. The number of benzene rings is 2. The molecule has 2 N–H and O–H groups in total. The summed E-state index contributed by atoms with van der Waals surface area (Å²) in [6.07, 6.45) is 0. The van der Waals surface area contributed by atoms with Crippen molar-refractivity contribution in [1.29, 1.82) is 0 Å². The third-order valence-electron chi connectivity index (χ3n) is 2.76. The summed E-state index contributed by atoms with van der Waals surface area (Å²) in [4.78, 5) is 23.4. The van der Waals surface area contributed by atoms with Crippen LogP contribution in [0.3, 0.4) is 0 Å². The summed E-state index contributed by atoms with van der Waals surface area (Å²) >= 11 is 9.17. The van der Waals surface area contributed by atoms with Gasteiger partial charge >= 0.3 is 5.97 Å². The molecule has 0 aliphatic carbocycles. The molecule has 6 heteroatoms. The van der Waals surface area contributed by atoms with E-state index in [1.54, 1.807) is 24.3 Å². The van der Waals surface area contributed by atoms with E-state index in [-0.39, 0.29) is 11.3 Å². The Morgan fingerprint density at radius 2 is 1.90 bits per heavy atom. The van der Waals surface area contributed by atoms with Crippen molar-refractivity contribution < 1.29 is 14.7 Å². The Balaban J connectivity index is 2.35. The zero-order chi connectivity index (χ0) is 15.6. The van der Waals surface area contributed by atoms with E-state index in [0.717, 1.165) is 5.56 Å². The second-order valence-electron chi connectivity index (χ2n) is 4.47. The van der Waals surface area contributed by atoms with Crippen LogP contribution in [0, 0.1) is 6.92 Å². The molecule has 108 valence electrons. The van der Waals surface area contributed by atoms with Gasteiger partial charge in [-0.05, 0) is 48.9 Å². The Morgan fingerprint density at radius 3 is 2.52 bits per heavy atom. The first kappa shape index (κ1) is 15.5. The number of carbonyl (C=O) groups excluding carboxylic acids is 1. The molecule has 2 aromatic rings. The minimum Gasteiger partial charge on any atom is -0.478 e. The third kappa shape index (κ3) is 3.83. The van der Waals surface area contributed by atoms with Gasteiger partial charge in [-0.3, -0.25) is 4.79 Å². The number of carboxylic acids is 1. The van der Waals surface area contributed by atoms with Crippen molar-refractivity contribution in [2.24, 2.45) is 0 Å². The summed E-state index contributed by atoms with van der Waals surface area (Å²) in [7, 11) is 0. The summed E-state index contributed by atoms with van der Waals surface area (Å²) in [5.74, 6) is -1.53. The first-order valence-electron chi connectivity index (χ1n) is 5.98. The van der Waals surface area contributed by atoms with Crippen LogP contribution in [0.25, 0.3) is 0 Å². The van der Waals surface area contributed by atoms with Gasteiger partial charge in [0.25, 0.3) is 5.91 Å². The van der Waals surface area contributed by atoms with Crippen LogP contribution in [-0.2, 0) is 0 Å². The molecule has 0 aliphatic heterocycles. The fraction of sp³-hybridized carbons (Fsp3) is 0.0667. The molecule has 0 saturated heterocycles. The smallest absolute Gasteiger partial charge is 0.337 e. The van der Waals surface area contributed by atoms with E-state index in [2.05, 4.69) is 21.2 Å². The van der Waals surface area contributed by atoms with Crippen molar-refractivity contribution in [2.75, 3.05) is 5.32 Å². The average molecular weight is 369 g/mol. The van der Waals surface area contributed by atoms with Gasteiger partial charge in [-0.1, -0.05) is 27.5 Å². The van der Waals surface area contributed by atoms with Crippen molar-refractivity contribution in [3.05, 3.63) is 62.6 Å². The van der Waals surface area contributed by atoms with Crippen molar-refractivity contribution in [3.63, 3.8) is 0 Å². The molecular weight excluding hydrogens is 358 g/mol. The van der Waals surface area contributed by atoms with Crippen LogP contribution in [0.4, 0.5) is 5.69 Å². The van der Waals surface area contributed by atoms with Gasteiger partial charge in [-0.2, -0.15) is 0 Å². The number of hydrogen-bond acceptors (Lipinski definition) is 2. The molecule has 0 fully saturated rings. The number of rotatable bonds is 3. The van der Waals surface area contributed by atoms with Crippen LogP contribution >= 0.6 is 27.5 Å². The standard InChI is InChI=1S/C15H11BrClNO3/c1-8-4-9(6-11(17)5-8)14(19)18-13-7-10(16)2-3-12(13)15(20)21/h2-7H,1H3,(H,18,19)(H,20,21). The number of carboxylic acid groups (broad SMARTS) is 1. The Bertz CT molecular complexity index is 711. The summed E-state index contributed by atoms with van der Waals surface area (Å²) < 4.78 is 0.671. The minimum atomic E-state index is -1.11. The number of hydrogen-bond donors (Lipinski definition) is 2. The van der Waals surface area contributed by atoms with Gasteiger partial charge in [-0.15, -0.1) is 0 Å². The highest BCUT2D eigenvalue weighted by Gasteiger charge is 2.14. The van der Waals surface area contributed by atoms with E-state index < -0.39 is 11.9 Å². The number of aryl methyl sites for hydroxylation is 1. The maximum absolute atomic E-state index is 12.2. The average Bonchev–Trinajstić information content (AvgIpc) is 2.37. The van der Waals surface area contributed by atoms with E-state index in [0.29, 0.717) is 15.1 Å². The molecule has 0 aromatic heterocycles. The molecule has 0 spiro atoms. The van der Waals surface area contributed by atoms with Gasteiger partial charge in [-0.25, -0.2) is 4.79 Å². The fourth-order valence-corrected chi connectivity index (χ4v) is 2.52. The minimum absolute atomic E-state index is 0.0188. The van der Waals surface area contributed by atoms with Crippen molar-refractivity contribution >= 4 is 45.1 Å². The first-order valence-corrected chi connectivity index (χ1v) is 7.15. The largest absolute Gasteiger partial charge is 0.478 e. The highest BCUT2D eigenvalue weighted by atomic mass is 79.9. The van der Waals surface area contributed by atoms with Gasteiger partial charge in [0.15, 0.2) is 0 Å². The molecule has 2 rings (SSSR count). The highest BCUT2D eigenvalue weighted by Crippen LogP contribution is 2.23. The highest BCUT2D eigenvalue weighted by molar-refractivity contribution is 9.10. The van der Waals surface area contributed by atoms with Gasteiger partial charge in [0.2, 0.25) is 0 Å². The molecule has 4 nitrogen and oxygen atoms in total. The molecule has 0 radical (unpaired) electrons. The van der Waals surface area contributed by atoms with E-state index in [4.69, 9.17) is 16.7 Å². The number of amides is 1. The number of anilines is 1. The van der Waals surface area contributed by atoms with Gasteiger partial charge in [0.05, 0.1) is 11.3 Å². The number of carbonyl (C=O) groups is 2. The number of halogens is 2. The van der Waals surface area contributed by atoms with Crippen molar-refractivity contribution in [3.8, 4) is 0 Å². The van der Waals surface area contributed by atoms with Gasteiger partial charge < -0.3 is 10.4 Å². The van der Waals surface area contributed by atoms with Crippen LogP contribution in [0.5, 0.6) is 0 Å². The molecule has 1 amide bonds. The lowest BCUT2D eigenvalue weighted by molar-refractivity contribution is 0.0698. The maximum Gasteiger partial charge on any atom is 0.337 e. The maximum atomic E-state index is 12.2. The Labute approximate surface area is 134 Å². The van der Waals surface area contributed by atoms with E-state index in [1.165, 1.54) is 12.1 Å². The Kier molecular flexibility index (Phi) is 4.65. The molecule has 0 unspecified atom stereocenters. The van der Waals surface area contributed by atoms with E-state index in [9.17, 15) is 9.59 Å². The van der Waals surface area contributed by atoms with E-state index >= 15 is 0 Å². The molecule has 0 aliphatic rings. The normalized spacial score (nSPS) is 10.2. The second kappa shape index (κ2) is 6.28. The van der Waals surface area contributed by atoms with Gasteiger partial charge in [0.1, 0.15) is 0 Å². The van der Waals surface area contributed by atoms with E-state index in [1.807, 2.05) is 6.92 Å². The summed E-state index contributed by atoms with van der Waals surface area (Å²) in [6.45, 7) is 1.82. The first-order chi connectivity index (χ1) is 9.86. The SMILES string of the molecule is Cc1cc(Cl)cc(C(=O)Nc2cc(Br)ccc2C(=O)O)c1. The van der Waals surface area contributed by atoms with Crippen LogP contribution in [0.2, 0.25) is 5.02 Å². The van der Waals surface area contributed by atoms with Crippen molar-refractivity contribution in [2.45, 2.75) is 6.92 Å². The lowest BCUT2D eigenvalue weighted by Gasteiger charge is -2.10. The molecule has 0 bridgehead atoms. The molecule has 21 heavy (non-hydrogen) atoms. The monoisotopic (exact) mass is 367 g/mol. The number of aromatic carboxylic acids is 1. The van der Waals surface area contributed by atoms with Crippen LogP contribution in [0.1, 0.15) is 26.3 Å².